The Hall–Kier alpha value is -2.11. The molecule has 2 aromatic rings. The van der Waals surface area contributed by atoms with E-state index in [0.29, 0.717) is 19.5 Å². The monoisotopic (exact) mass is 342 g/mol. The van der Waals surface area contributed by atoms with Gasteiger partial charge >= 0.3 is 0 Å². The molecule has 0 saturated carbocycles. The lowest BCUT2D eigenvalue weighted by Gasteiger charge is -2.38. The molecule has 134 valence electrons. The molecule has 1 fully saturated rings. The number of aryl methyl sites for hydroxylation is 1. The highest BCUT2D eigenvalue weighted by atomic mass is 16.3. The number of hydrogen-bond donors (Lipinski definition) is 2. The van der Waals surface area contributed by atoms with Crippen LogP contribution in [-0.4, -0.2) is 41.1 Å². The number of amides is 1. The van der Waals surface area contributed by atoms with Crippen molar-refractivity contribution in [1.29, 1.82) is 0 Å². The minimum atomic E-state index is -1.30. The number of carbonyl (C=O) groups excluding carboxylic acids is 1. The Balaban J connectivity index is 1.47. The summed E-state index contributed by atoms with van der Waals surface area (Å²) in [6.07, 6.45) is 6.48. The zero-order valence-corrected chi connectivity index (χ0v) is 14.5. The SMILES string of the molecule is O=C1N(CCCc2ccccc2)CCC[C@]1(O)CNCc1ccoc1. The number of hydrogen-bond acceptors (Lipinski definition) is 4. The minimum absolute atomic E-state index is 0.147. The number of likely N-dealkylation sites (tertiary alicyclic amines) is 1. The summed E-state index contributed by atoms with van der Waals surface area (Å²) in [5.41, 5.74) is 0.991. The lowest BCUT2D eigenvalue weighted by Crippen LogP contribution is -2.58. The average Bonchev–Trinajstić information content (AvgIpc) is 3.13. The Morgan fingerprint density at radius 2 is 2.04 bits per heavy atom. The van der Waals surface area contributed by atoms with Crippen LogP contribution in [0, 0.1) is 0 Å². The van der Waals surface area contributed by atoms with Crippen molar-refractivity contribution in [2.45, 2.75) is 37.8 Å². The summed E-state index contributed by atoms with van der Waals surface area (Å²) in [4.78, 5) is 14.5. The van der Waals surface area contributed by atoms with E-state index >= 15 is 0 Å². The fraction of sp³-hybridized carbons (Fsp3) is 0.450. The predicted molar refractivity (Wildman–Crippen MR) is 95.9 cm³/mol. The maximum Gasteiger partial charge on any atom is 0.255 e. The third kappa shape index (κ3) is 4.71. The van der Waals surface area contributed by atoms with Gasteiger partial charge in [0.2, 0.25) is 0 Å². The molecular weight excluding hydrogens is 316 g/mol. The number of benzene rings is 1. The maximum absolute atomic E-state index is 12.7. The van der Waals surface area contributed by atoms with Gasteiger partial charge in [0, 0.05) is 31.7 Å². The molecule has 1 aliphatic heterocycles. The Bertz CT molecular complexity index is 657. The van der Waals surface area contributed by atoms with Crippen LogP contribution in [0.2, 0.25) is 0 Å². The first-order valence-electron chi connectivity index (χ1n) is 8.95. The molecule has 1 saturated heterocycles. The molecule has 25 heavy (non-hydrogen) atoms. The van der Waals surface area contributed by atoms with Crippen molar-refractivity contribution >= 4 is 5.91 Å². The van der Waals surface area contributed by atoms with E-state index in [9.17, 15) is 9.90 Å². The van der Waals surface area contributed by atoms with Crippen LogP contribution in [0.25, 0.3) is 0 Å². The van der Waals surface area contributed by atoms with Crippen LogP contribution in [0.4, 0.5) is 0 Å². The van der Waals surface area contributed by atoms with E-state index in [1.165, 1.54) is 5.56 Å². The van der Waals surface area contributed by atoms with Crippen molar-refractivity contribution in [1.82, 2.24) is 10.2 Å². The van der Waals surface area contributed by atoms with Crippen molar-refractivity contribution in [2.24, 2.45) is 0 Å². The van der Waals surface area contributed by atoms with Gasteiger partial charge in [0.15, 0.2) is 5.60 Å². The van der Waals surface area contributed by atoms with Crippen LogP contribution >= 0.6 is 0 Å². The number of furan rings is 1. The van der Waals surface area contributed by atoms with Crippen molar-refractivity contribution in [2.75, 3.05) is 19.6 Å². The standard InChI is InChI=1S/C20H26N2O3/c23-19-20(24,16-21-14-18-9-13-25-15-18)10-5-12-22(19)11-4-8-17-6-2-1-3-7-17/h1-3,6-7,9,13,15,21,24H,4-5,8,10-12,14,16H2/t20-/m0/s1. The lowest BCUT2D eigenvalue weighted by molar-refractivity contribution is -0.156. The van der Waals surface area contributed by atoms with Crippen LogP contribution in [-0.2, 0) is 17.8 Å². The van der Waals surface area contributed by atoms with E-state index in [1.54, 1.807) is 12.5 Å². The molecule has 2 N–H and O–H groups in total. The predicted octanol–water partition coefficient (Wildman–Crippen LogP) is 2.36. The Morgan fingerprint density at radius 1 is 1.20 bits per heavy atom. The minimum Gasteiger partial charge on any atom is -0.472 e. The Labute approximate surface area is 148 Å². The third-order valence-corrected chi connectivity index (χ3v) is 4.77. The largest absolute Gasteiger partial charge is 0.472 e. The molecule has 3 rings (SSSR count). The van der Waals surface area contributed by atoms with Crippen molar-refractivity contribution in [3.8, 4) is 0 Å². The van der Waals surface area contributed by atoms with Crippen LogP contribution < -0.4 is 5.32 Å². The first-order chi connectivity index (χ1) is 12.2. The van der Waals surface area contributed by atoms with Gasteiger partial charge in [-0.25, -0.2) is 0 Å². The smallest absolute Gasteiger partial charge is 0.255 e. The highest BCUT2D eigenvalue weighted by molar-refractivity contribution is 5.86. The van der Waals surface area contributed by atoms with Gasteiger partial charge in [0.1, 0.15) is 0 Å². The van der Waals surface area contributed by atoms with Crippen LogP contribution in [0.1, 0.15) is 30.4 Å². The summed E-state index contributed by atoms with van der Waals surface area (Å²) in [7, 11) is 0. The molecule has 0 bridgehead atoms. The van der Waals surface area contributed by atoms with E-state index in [-0.39, 0.29) is 12.5 Å². The normalized spacial score (nSPS) is 20.8. The zero-order valence-electron chi connectivity index (χ0n) is 14.5. The van der Waals surface area contributed by atoms with Crippen molar-refractivity contribution < 1.29 is 14.3 Å². The summed E-state index contributed by atoms with van der Waals surface area (Å²) >= 11 is 0. The molecule has 1 aromatic carbocycles. The van der Waals surface area contributed by atoms with Crippen LogP contribution in [0.5, 0.6) is 0 Å². The fourth-order valence-electron chi connectivity index (χ4n) is 3.37. The molecule has 0 aliphatic carbocycles. The Kier molecular flexibility index (Phi) is 5.89. The van der Waals surface area contributed by atoms with Gasteiger partial charge in [-0.3, -0.25) is 4.79 Å². The lowest BCUT2D eigenvalue weighted by atomic mass is 9.91. The highest BCUT2D eigenvalue weighted by Gasteiger charge is 2.41. The van der Waals surface area contributed by atoms with Gasteiger partial charge < -0.3 is 19.7 Å². The second-order valence-electron chi connectivity index (χ2n) is 6.75. The second-order valence-corrected chi connectivity index (χ2v) is 6.75. The first-order valence-corrected chi connectivity index (χ1v) is 8.95. The van der Waals surface area contributed by atoms with Gasteiger partial charge in [-0.15, -0.1) is 0 Å². The van der Waals surface area contributed by atoms with Crippen molar-refractivity contribution in [3.05, 3.63) is 60.1 Å². The molecule has 1 amide bonds. The van der Waals surface area contributed by atoms with E-state index in [2.05, 4.69) is 17.4 Å². The summed E-state index contributed by atoms with van der Waals surface area (Å²) in [6.45, 7) is 2.28. The number of rotatable bonds is 8. The van der Waals surface area contributed by atoms with Crippen molar-refractivity contribution in [3.63, 3.8) is 0 Å². The van der Waals surface area contributed by atoms with E-state index in [4.69, 9.17) is 4.42 Å². The van der Waals surface area contributed by atoms with E-state index in [1.807, 2.05) is 29.2 Å². The van der Waals surface area contributed by atoms with E-state index in [0.717, 1.165) is 31.4 Å². The number of carbonyl (C=O) groups is 1. The first kappa shape index (κ1) is 17.7. The summed E-state index contributed by atoms with van der Waals surface area (Å²) in [5.74, 6) is -0.147. The third-order valence-electron chi connectivity index (χ3n) is 4.77. The topological polar surface area (TPSA) is 65.7 Å². The molecule has 0 spiro atoms. The molecule has 1 aliphatic rings. The number of nitrogens with zero attached hydrogens (tertiary/aromatic N) is 1. The number of piperidine rings is 1. The van der Waals surface area contributed by atoms with Gasteiger partial charge in [-0.05, 0) is 37.3 Å². The zero-order chi connectivity index (χ0) is 17.5. The number of aliphatic hydroxyl groups is 1. The fourth-order valence-corrected chi connectivity index (χ4v) is 3.37. The highest BCUT2D eigenvalue weighted by Crippen LogP contribution is 2.23. The molecule has 0 radical (unpaired) electrons. The van der Waals surface area contributed by atoms with Crippen LogP contribution in [0.3, 0.4) is 0 Å². The molecule has 5 nitrogen and oxygen atoms in total. The van der Waals surface area contributed by atoms with Gasteiger partial charge in [-0.1, -0.05) is 30.3 Å². The van der Waals surface area contributed by atoms with Gasteiger partial charge in [0.25, 0.3) is 5.91 Å². The molecule has 1 atom stereocenters. The average molecular weight is 342 g/mol. The summed E-state index contributed by atoms with van der Waals surface area (Å²) in [5, 5.41) is 14.0. The molecular formula is C20H26N2O3. The quantitative estimate of drug-likeness (QED) is 0.773. The molecule has 5 heteroatoms. The number of nitrogens with one attached hydrogen (secondary N) is 1. The Morgan fingerprint density at radius 3 is 2.80 bits per heavy atom. The van der Waals surface area contributed by atoms with Crippen LogP contribution in [0.15, 0.2) is 53.3 Å². The van der Waals surface area contributed by atoms with Gasteiger partial charge in [-0.2, -0.15) is 0 Å². The summed E-state index contributed by atoms with van der Waals surface area (Å²) < 4.78 is 5.02. The molecule has 0 unspecified atom stereocenters. The van der Waals surface area contributed by atoms with E-state index < -0.39 is 5.60 Å². The second kappa shape index (κ2) is 8.32. The van der Waals surface area contributed by atoms with Gasteiger partial charge in [0.05, 0.1) is 12.5 Å². The molecule has 2 heterocycles. The summed E-state index contributed by atoms with van der Waals surface area (Å²) in [6, 6.07) is 12.2. The molecule has 1 aromatic heterocycles. The maximum atomic E-state index is 12.7.